The van der Waals surface area contributed by atoms with Gasteiger partial charge in [0.15, 0.2) is 6.19 Å². The van der Waals surface area contributed by atoms with E-state index in [1.54, 1.807) is 16.9 Å². The monoisotopic (exact) mass is 289 g/mol. The largest absolute Gasteiger partial charge is 0.445 e. The lowest BCUT2D eigenvalue weighted by Gasteiger charge is -2.37. The predicted molar refractivity (Wildman–Crippen MR) is 76.2 cm³/mol. The Morgan fingerprint density at radius 3 is 2.81 bits per heavy atom. The van der Waals surface area contributed by atoms with Gasteiger partial charge in [-0.25, -0.2) is 4.79 Å². The summed E-state index contributed by atoms with van der Waals surface area (Å²) < 4.78 is 10.4. The molecule has 0 aromatic heterocycles. The number of hydrogen-bond acceptors (Lipinski definition) is 5. The van der Waals surface area contributed by atoms with Crippen LogP contribution in [0, 0.1) is 11.5 Å². The Kier molecular flexibility index (Phi) is 5.41. The van der Waals surface area contributed by atoms with Crippen molar-refractivity contribution in [3.63, 3.8) is 0 Å². The van der Waals surface area contributed by atoms with Crippen molar-refractivity contribution in [1.82, 2.24) is 9.80 Å². The van der Waals surface area contributed by atoms with E-state index in [2.05, 4.69) is 6.19 Å². The second-order valence-electron chi connectivity index (χ2n) is 4.89. The third kappa shape index (κ3) is 4.10. The number of methoxy groups -OCH3 is 1. The summed E-state index contributed by atoms with van der Waals surface area (Å²) >= 11 is 0. The van der Waals surface area contributed by atoms with Crippen molar-refractivity contribution in [2.75, 3.05) is 33.4 Å². The summed E-state index contributed by atoms with van der Waals surface area (Å²) in [6.07, 6.45) is 1.78. The molecule has 2 rings (SSSR count). The molecule has 1 amide bonds. The van der Waals surface area contributed by atoms with Crippen LogP contribution in [0.2, 0.25) is 0 Å². The van der Waals surface area contributed by atoms with Crippen LogP contribution in [-0.2, 0) is 16.1 Å². The van der Waals surface area contributed by atoms with E-state index in [0.29, 0.717) is 26.2 Å². The molecule has 1 aromatic rings. The number of rotatable bonds is 4. The number of ether oxygens (including phenoxy) is 2. The zero-order valence-electron chi connectivity index (χ0n) is 12.1. The first-order chi connectivity index (χ1) is 10.2. The van der Waals surface area contributed by atoms with Gasteiger partial charge in [0, 0.05) is 26.7 Å². The van der Waals surface area contributed by atoms with Gasteiger partial charge < -0.3 is 19.3 Å². The number of amides is 1. The first-order valence-corrected chi connectivity index (χ1v) is 6.85. The normalized spacial score (nSPS) is 18.2. The fourth-order valence-electron chi connectivity index (χ4n) is 2.30. The van der Waals surface area contributed by atoms with Gasteiger partial charge in [-0.2, -0.15) is 5.26 Å². The summed E-state index contributed by atoms with van der Waals surface area (Å²) in [4.78, 5) is 15.3. The summed E-state index contributed by atoms with van der Waals surface area (Å²) in [6, 6.07) is 9.44. The smallest absolute Gasteiger partial charge is 0.410 e. The maximum Gasteiger partial charge on any atom is 0.410 e. The highest BCUT2D eigenvalue weighted by Gasteiger charge is 2.29. The van der Waals surface area contributed by atoms with Crippen LogP contribution in [-0.4, -0.2) is 55.3 Å². The molecule has 1 aromatic carbocycles. The maximum atomic E-state index is 12.1. The van der Waals surface area contributed by atoms with Gasteiger partial charge in [-0.1, -0.05) is 30.3 Å². The van der Waals surface area contributed by atoms with Gasteiger partial charge in [0.2, 0.25) is 0 Å². The Labute approximate surface area is 124 Å². The molecule has 6 nitrogen and oxygen atoms in total. The van der Waals surface area contributed by atoms with Crippen LogP contribution in [0.4, 0.5) is 4.79 Å². The van der Waals surface area contributed by atoms with Gasteiger partial charge in [0.25, 0.3) is 0 Å². The average molecular weight is 289 g/mol. The molecule has 0 spiro atoms. The minimum atomic E-state index is -0.349. The molecule has 0 unspecified atom stereocenters. The molecule has 1 atom stereocenters. The summed E-state index contributed by atoms with van der Waals surface area (Å²) in [6.45, 7) is 2.10. The van der Waals surface area contributed by atoms with Gasteiger partial charge in [-0.3, -0.25) is 0 Å². The van der Waals surface area contributed by atoms with E-state index in [1.165, 1.54) is 0 Å². The Hall–Kier alpha value is -2.26. The minimum Gasteiger partial charge on any atom is -0.445 e. The number of hydrogen-bond donors (Lipinski definition) is 0. The van der Waals surface area contributed by atoms with E-state index in [4.69, 9.17) is 14.7 Å². The van der Waals surface area contributed by atoms with Gasteiger partial charge in [-0.05, 0) is 5.56 Å². The van der Waals surface area contributed by atoms with Crippen molar-refractivity contribution in [3.8, 4) is 6.19 Å². The highest BCUT2D eigenvalue weighted by molar-refractivity contribution is 5.67. The second kappa shape index (κ2) is 7.50. The average Bonchev–Trinajstić information content (AvgIpc) is 2.54. The zero-order valence-corrected chi connectivity index (χ0v) is 12.1. The van der Waals surface area contributed by atoms with E-state index >= 15 is 0 Å². The molecule has 1 aliphatic heterocycles. The summed E-state index contributed by atoms with van der Waals surface area (Å²) in [5.41, 5.74) is 0.954. The van der Waals surface area contributed by atoms with E-state index in [1.807, 2.05) is 30.3 Å². The third-order valence-electron chi connectivity index (χ3n) is 3.43. The number of carbonyl (C=O) groups excluding carboxylic acids is 1. The maximum absolute atomic E-state index is 12.1. The van der Waals surface area contributed by atoms with E-state index in [0.717, 1.165) is 5.56 Å². The number of benzene rings is 1. The molecule has 0 saturated carbocycles. The molecule has 0 radical (unpaired) electrons. The van der Waals surface area contributed by atoms with Crippen LogP contribution in [0.1, 0.15) is 5.56 Å². The first-order valence-electron chi connectivity index (χ1n) is 6.85. The van der Waals surface area contributed by atoms with Gasteiger partial charge >= 0.3 is 6.09 Å². The molecule has 0 N–H and O–H groups in total. The molecule has 1 aliphatic rings. The standard InChI is InChI=1S/C15H19N3O3/c1-20-11-14-9-17(7-8-18(14)12-16)15(19)21-10-13-5-3-2-4-6-13/h2-6,14H,7-11H2,1H3/t14-/m1/s1. The molecule has 21 heavy (non-hydrogen) atoms. The molecule has 1 heterocycles. The van der Waals surface area contributed by atoms with Crippen molar-refractivity contribution in [2.45, 2.75) is 12.6 Å². The molecular formula is C15H19N3O3. The predicted octanol–water partition coefficient (Wildman–Crippen LogP) is 1.44. The lowest BCUT2D eigenvalue weighted by Crippen LogP contribution is -2.54. The number of nitrogens with zero attached hydrogens (tertiary/aromatic N) is 3. The van der Waals surface area contributed by atoms with Crippen molar-refractivity contribution in [3.05, 3.63) is 35.9 Å². The molecule has 112 valence electrons. The molecule has 0 bridgehead atoms. The quantitative estimate of drug-likeness (QED) is 0.785. The molecule has 1 fully saturated rings. The summed E-state index contributed by atoms with van der Waals surface area (Å²) in [5.74, 6) is 0. The Morgan fingerprint density at radius 1 is 1.38 bits per heavy atom. The zero-order chi connectivity index (χ0) is 15.1. The van der Waals surface area contributed by atoms with Crippen LogP contribution in [0.15, 0.2) is 30.3 Å². The van der Waals surface area contributed by atoms with Crippen LogP contribution in [0.25, 0.3) is 0 Å². The summed E-state index contributed by atoms with van der Waals surface area (Å²) in [7, 11) is 1.59. The van der Waals surface area contributed by atoms with Crippen molar-refractivity contribution >= 4 is 6.09 Å². The lowest BCUT2D eigenvalue weighted by molar-refractivity contribution is 0.0396. The number of piperazine rings is 1. The molecule has 1 saturated heterocycles. The fourth-order valence-corrected chi connectivity index (χ4v) is 2.30. The number of carbonyl (C=O) groups is 1. The van der Waals surface area contributed by atoms with E-state index in [-0.39, 0.29) is 18.7 Å². The van der Waals surface area contributed by atoms with Gasteiger partial charge in [-0.15, -0.1) is 0 Å². The second-order valence-corrected chi connectivity index (χ2v) is 4.89. The van der Waals surface area contributed by atoms with Crippen molar-refractivity contribution < 1.29 is 14.3 Å². The highest BCUT2D eigenvalue weighted by Crippen LogP contribution is 2.11. The molecule has 0 aliphatic carbocycles. The van der Waals surface area contributed by atoms with Crippen molar-refractivity contribution in [1.29, 1.82) is 5.26 Å². The van der Waals surface area contributed by atoms with Gasteiger partial charge in [0.05, 0.1) is 12.6 Å². The molecule has 6 heteroatoms. The first kappa shape index (κ1) is 15.1. The van der Waals surface area contributed by atoms with Crippen molar-refractivity contribution in [2.24, 2.45) is 0 Å². The lowest BCUT2D eigenvalue weighted by atomic mass is 10.2. The molecular weight excluding hydrogens is 270 g/mol. The Morgan fingerprint density at radius 2 is 2.14 bits per heavy atom. The number of nitriles is 1. The third-order valence-corrected chi connectivity index (χ3v) is 3.43. The van der Waals surface area contributed by atoms with Crippen LogP contribution in [0.3, 0.4) is 0 Å². The highest BCUT2D eigenvalue weighted by atomic mass is 16.6. The SMILES string of the molecule is COC[C@H]1CN(C(=O)OCc2ccccc2)CCN1C#N. The Bertz CT molecular complexity index is 501. The van der Waals surface area contributed by atoms with E-state index in [9.17, 15) is 4.79 Å². The topological polar surface area (TPSA) is 65.8 Å². The fraction of sp³-hybridized carbons (Fsp3) is 0.467. The Balaban J connectivity index is 1.86. The van der Waals surface area contributed by atoms with Crippen LogP contribution < -0.4 is 0 Å². The minimum absolute atomic E-state index is 0.113. The van der Waals surface area contributed by atoms with Crippen LogP contribution in [0.5, 0.6) is 0 Å². The van der Waals surface area contributed by atoms with Crippen LogP contribution >= 0.6 is 0 Å². The summed E-state index contributed by atoms with van der Waals surface area (Å²) in [5, 5.41) is 9.05. The van der Waals surface area contributed by atoms with E-state index < -0.39 is 0 Å². The van der Waals surface area contributed by atoms with Gasteiger partial charge in [0.1, 0.15) is 6.61 Å².